The van der Waals surface area contributed by atoms with Gasteiger partial charge in [-0.05, 0) is 18.2 Å². The quantitative estimate of drug-likeness (QED) is 0.803. The van der Waals surface area contributed by atoms with Crippen molar-refractivity contribution in [3.05, 3.63) is 59.4 Å². The molecule has 2 heterocycles. The zero-order chi connectivity index (χ0) is 15.7. The second kappa shape index (κ2) is 5.61. The third-order valence-electron chi connectivity index (χ3n) is 3.34. The zero-order valence-electron chi connectivity index (χ0n) is 11.7. The van der Waals surface area contributed by atoms with Crippen LogP contribution in [0.2, 0.25) is 5.02 Å². The number of hydrogen-bond acceptors (Lipinski definition) is 3. The predicted molar refractivity (Wildman–Crippen MR) is 83.8 cm³/mol. The molecular formula is C16H12ClN3O2. The number of halogens is 1. The van der Waals surface area contributed by atoms with Crippen LogP contribution >= 0.6 is 11.6 Å². The highest BCUT2D eigenvalue weighted by Crippen LogP contribution is 2.29. The molecule has 1 aromatic carbocycles. The number of carboxylic acid groups (broad SMARTS) is 1. The average molecular weight is 314 g/mol. The Kier molecular flexibility index (Phi) is 3.65. The van der Waals surface area contributed by atoms with Crippen molar-refractivity contribution >= 4 is 17.6 Å². The van der Waals surface area contributed by atoms with Gasteiger partial charge >= 0.3 is 5.97 Å². The number of nitrogens with zero attached hydrogens (tertiary/aromatic N) is 3. The van der Waals surface area contributed by atoms with Gasteiger partial charge in [0.1, 0.15) is 0 Å². The normalized spacial score (nSPS) is 10.6. The van der Waals surface area contributed by atoms with Crippen LogP contribution in [0.5, 0.6) is 0 Å². The molecule has 0 unspecified atom stereocenters. The van der Waals surface area contributed by atoms with Crippen LogP contribution < -0.4 is 0 Å². The van der Waals surface area contributed by atoms with Crippen LogP contribution in [0.1, 0.15) is 10.4 Å². The van der Waals surface area contributed by atoms with E-state index in [0.717, 1.165) is 16.8 Å². The van der Waals surface area contributed by atoms with E-state index in [2.05, 4.69) is 10.1 Å². The van der Waals surface area contributed by atoms with Gasteiger partial charge in [0.05, 0.1) is 22.0 Å². The zero-order valence-corrected chi connectivity index (χ0v) is 12.4. The van der Waals surface area contributed by atoms with Crippen LogP contribution in [-0.2, 0) is 7.05 Å². The summed E-state index contributed by atoms with van der Waals surface area (Å²) in [6.45, 7) is 0. The fourth-order valence-corrected chi connectivity index (χ4v) is 2.53. The van der Waals surface area contributed by atoms with Crippen LogP contribution in [-0.4, -0.2) is 25.8 Å². The maximum atomic E-state index is 10.9. The number of rotatable bonds is 3. The molecule has 0 spiro atoms. The number of carbonyl (C=O) groups is 1. The van der Waals surface area contributed by atoms with Crippen molar-refractivity contribution in [1.82, 2.24) is 14.8 Å². The fraction of sp³-hybridized carbons (Fsp3) is 0.0625. The van der Waals surface area contributed by atoms with Crippen molar-refractivity contribution in [1.29, 1.82) is 0 Å². The number of pyridine rings is 1. The molecule has 0 saturated heterocycles. The number of aryl methyl sites for hydroxylation is 1. The average Bonchev–Trinajstić information content (AvgIpc) is 2.93. The molecule has 3 aromatic rings. The summed E-state index contributed by atoms with van der Waals surface area (Å²) in [5, 5.41) is 13.4. The van der Waals surface area contributed by atoms with Crippen LogP contribution in [0.25, 0.3) is 22.5 Å². The first-order valence-corrected chi connectivity index (χ1v) is 6.91. The molecule has 1 N–H and O–H groups in total. The molecule has 0 bridgehead atoms. The number of aromatic nitrogens is 3. The van der Waals surface area contributed by atoms with E-state index < -0.39 is 5.97 Å². The first kappa shape index (κ1) is 14.3. The van der Waals surface area contributed by atoms with Gasteiger partial charge in [-0.15, -0.1) is 0 Å². The summed E-state index contributed by atoms with van der Waals surface area (Å²) in [5.74, 6) is -1.05. The number of carboxylic acids is 1. The van der Waals surface area contributed by atoms with Crippen molar-refractivity contribution in [2.24, 2.45) is 7.05 Å². The topological polar surface area (TPSA) is 68.0 Å². The second-order valence-corrected chi connectivity index (χ2v) is 5.19. The third kappa shape index (κ3) is 2.58. The molecule has 110 valence electrons. The van der Waals surface area contributed by atoms with Crippen LogP contribution in [0.3, 0.4) is 0 Å². The largest absolute Gasteiger partial charge is 0.478 e. The van der Waals surface area contributed by atoms with E-state index in [4.69, 9.17) is 16.7 Å². The SMILES string of the molecule is Cn1nccc1-c1cccc(-c2ncc(C(=O)O)cc2Cl)c1. The lowest BCUT2D eigenvalue weighted by Crippen LogP contribution is -1.98. The Bertz CT molecular complexity index is 858. The fourth-order valence-electron chi connectivity index (χ4n) is 2.25. The lowest BCUT2D eigenvalue weighted by atomic mass is 10.0. The molecule has 0 amide bonds. The Morgan fingerprint density at radius 1 is 1.23 bits per heavy atom. The number of benzene rings is 1. The lowest BCUT2D eigenvalue weighted by Gasteiger charge is -2.07. The van der Waals surface area contributed by atoms with Gasteiger partial charge in [0.25, 0.3) is 0 Å². The van der Waals surface area contributed by atoms with E-state index in [1.54, 1.807) is 10.9 Å². The van der Waals surface area contributed by atoms with Crippen molar-refractivity contribution in [2.45, 2.75) is 0 Å². The summed E-state index contributed by atoms with van der Waals surface area (Å²) in [7, 11) is 1.87. The molecule has 2 aromatic heterocycles. The van der Waals surface area contributed by atoms with Gasteiger partial charge in [-0.2, -0.15) is 5.10 Å². The highest BCUT2D eigenvalue weighted by Gasteiger charge is 2.11. The Morgan fingerprint density at radius 2 is 2.00 bits per heavy atom. The van der Waals surface area contributed by atoms with Crippen molar-refractivity contribution in [2.75, 3.05) is 0 Å². The maximum Gasteiger partial charge on any atom is 0.337 e. The lowest BCUT2D eigenvalue weighted by molar-refractivity contribution is 0.0696. The Hall–Kier alpha value is -2.66. The minimum Gasteiger partial charge on any atom is -0.478 e. The second-order valence-electron chi connectivity index (χ2n) is 4.78. The Balaban J connectivity index is 2.06. The van der Waals surface area contributed by atoms with Crippen LogP contribution in [0, 0.1) is 0 Å². The molecular weight excluding hydrogens is 302 g/mol. The molecule has 0 fully saturated rings. The molecule has 0 aliphatic carbocycles. The van der Waals surface area contributed by atoms with E-state index in [-0.39, 0.29) is 5.56 Å². The Morgan fingerprint density at radius 3 is 2.64 bits per heavy atom. The molecule has 3 rings (SSSR count). The van der Waals surface area contributed by atoms with Gasteiger partial charge in [-0.1, -0.05) is 29.8 Å². The summed E-state index contributed by atoms with van der Waals surface area (Å²) in [6.07, 6.45) is 3.04. The monoisotopic (exact) mass is 313 g/mol. The van der Waals surface area contributed by atoms with E-state index in [1.807, 2.05) is 37.4 Å². The van der Waals surface area contributed by atoms with Crippen molar-refractivity contribution in [3.8, 4) is 22.5 Å². The molecule has 0 atom stereocenters. The predicted octanol–water partition coefficient (Wildman–Crippen LogP) is 3.50. The first-order chi connectivity index (χ1) is 10.6. The standard InChI is InChI=1S/C16H12ClN3O2/c1-20-14(5-6-19-20)10-3-2-4-11(7-10)15-13(17)8-12(9-18-15)16(21)22/h2-9H,1H3,(H,21,22). The molecule has 5 nitrogen and oxygen atoms in total. The molecule has 6 heteroatoms. The summed E-state index contributed by atoms with van der Waals surface area (Å²) < 4.78 is 1.78. The maximum absolute atomic E-state index is 10.9. The van der Waals surface area contributed by atoms with Crippen LogP contribution in [0.15, 0.2) is 48.8 Å². The molecule has 0 radical (unpaired) electrons. The summed E-state index contributed by atoms with van der Waals surface area (Å²) in [6, 6.07) is 11.0. The molecule has 0 aliphatic rings. The first-order valence-electron chi connectivity index (χ1n) is 6.54. The van der Waals surface area contributed by atoms with Gasteiger partial charge in [0, 0.05) is 30.6 Å². The Labute approximate surface area is 131 Å². The van der Waals surface area contributed by atoms with Crippen LogP contribution in [0.4, 0.5) is 0 Å². The van der Waals surface area contributed by atoms with Gasteiger partial charge < -0.3 is 5.11 Å². The van der Waals surface area contributed by atoms with Crippen molar-refractivity contribution in [3.63, 3.8) is 0 Å². The molecule has 22 heavy (non-hydrogen) atoms. The number of hydrogen-bond donors (Lipinski definition) is 1. The highest BCUT2D eigenvalue weighted by molar-refractivity contribution is 6.33. The van der Waals surface area contributed by atoms with E-state index in [9.17, 15) is 4.79 Å². The highest BCUT2D eigenvalue weighted by atomic mass is 35.5. The van der Waals surface area contributed by atoms with E-state index in [0.29, 0.717) is 10.7 Å². The van der Waals surface area contributed by atoms with Crippen molar-refractivity contribution < 1.29 is 9.90 Å². The van der Waals surface area contributed by atoms with Gasteiger partial charge in [-0.25, -0.2) is 4.79 Å². The molecule has 0 aliphatic heterocycles. The smallest absolute Gasteiger partial charge is 0.337 e. The minimum atomic E-state index is -1.05. The van der Waals surface area contributed by atoms with E-state index in [1.165, 1.54) is 12.3 Å². The minimum absolute atomic E-state index is 0.0662. The number of aromatic carboxylic acids is 1. The van der Waals surface area contributed by atoms with Gasteiger partial charge in [0.15, 0.2) is 0 Å². The summed E-state index contributed by atoms with van der Waals surface area (Å²) in [4.78, 5) is 15.1. The summed E-state index contributed by atoms with van der Waals surface area (Å²) in [5.41, 5.74) is 3.39. The van der Waals surface area contributed by atoms with Gasteiger partial charge in [0.2, 0.25) is 0 Å². The summed E-state index contributed by atoms with van der Waals surface area (Å²) >= 11 is 6.17. The third-order valence-corrected chi connectivity index (χ3v) is 3.63. The van der Waals surface area contributed by atoms with E-state index >= 15 is 0 Å². The molecule has 0 saturated carbocycles. The van der Waals surface area contributed by atoms with Gasteiger partial charge in [-0.3, -0.25) is 9.67 Å².